The number of alkyl halides is 3. The summed E-state index contributed by atoms with van der Waals surface area (Å²) in [6, 6.07) is 11.7. The van der Waals surface area contributed by atoms with Crippen LogP contribution in [0.15, 0.2) is 48.5 Å². The van der Waals surface area contributed by atoms with Gasteiger partial charge < -0.3 is 5.11 Å². The van der Waals surface area contributed by atoms with Crippen molar-refractivity contribution in [2.45, 2.75) is 6.18 Å². The standard InChI is InChI=1S/C16H9F3O2S/c17-16(18,19)12-4-2-1-3-11(12)9-5-6-10-8-14(15(20)21)22-13(10)7-9/h1-8H,(H,20,21). The van der Waals surface area contributed by atoms with Gasteiger partial charge in [0.2, 0.25) is 0 Å². The van der Waals surface area contributed by atoms with Gasteiger partial charge in [0.1, 0.15) is 4.88 Å². The van der Waals surface area contributed by atoms with E-state index < -0.39 is 17.7 Å². The first-order valence-corrected chi connectivity index (χ1v) is 7.11. The Labute approximate surface area is 127 Å². The molecule has 22 heavy (non-hydrogen) atoms. The largest absolute Gasteiger partial charge is 0.477 e. The molecule has 3 aromatic rings. The molecule has 0 saturated heterocycles. The first kappa shape index (κ1) is 14.6. The van der Waals surface area contributed by atoms with E-state index in [2.05, 4.69) is 0 Å². The summed E-state index contributed by atoms with van der Waals surface area (Å²) in [6.07, 6.45) is -4.44. The number of hydrogen-bond donors (Lipinski definition) is 1. The van der Waals surface area contributed by atoms with E-state index in [9.17, 15) is 18.0 Å². The number of carboxylic acid groups (broad SMARTS) is 1. The van der Waals surface area contributed by atoms with Crippen molar-refractivity contribution in [3.8, 4) is 11.1 Å². The molecule has 0 amide bonds. The molecular weight excluding hydrogens is 313 g/mol. The fourth-order valence-electron chi connectivity index (χ4n) is 2.29. The number of carbonyl (C=O) groups is 1. The summed E-state index contributed by atoms with van der Waals surface area (Å²) < 4.78 is 39.9. The average Bonchev–Trinajstić information content (AvgIpc) is 2.89. The second kappa shape index (κ2) is 5.14. The minimum absolute atomic E-state index is 0.0853. The van der Waals surface area contributed by atoms with Crippen molar-refractivity contribution >= 4 is 27.4 Å². The zero-order valence-corrected chi connectivity index (χ0v) is 11.8. The number of aromatic carboxylic acids is 1. The summed E-state index contributed by atoms with van der Waals surface area (Å²) in [7, 11) is 0. The summed E-state index contributed by atoms with van der Waals surface area (Å²) in [5, 5.41) is 9.69. The van der Waals surface area contributed by atoms with Crippen LogP contribution in [-0.4, -0.2) is 11.1 Å². The predicted octanol–water partition coefficient (Wildman–Crippen LogP) is 5.29. The Morgan fingerprint density at radius 2 is 1.77 bits per heavy atom. The molecule has 1 aromatic heterocycles. The summed E-state index contributed by atoms with van der Waals surface area (Å²) >= 11 is 1.05. The quantitative estimate of drug-likeness (QED) is 0.696. The molecular formula is C16H9F3O2S. The maximum absolute atomic E-state index is 13.1. The maximum atomic E-state index is 13.1. The minimum atomic E-state index is -4.44. The summed E-state index contributed by atoms with van der Waals surface area (Å²) in [6.45, 7) is 0. The number of thiophene rings is 1. The lowest BCUT2D eigenvalue weighted by molar-refractivity contribution is -0.137. The van der Waals surface area contributed by atoms with Crippen LogP contribution in [-0.2, 0) is 6.18 Å². The van der Waals surface area contributed by atoms with Crippen LogP contribution in [0.3, 0.4) is 0 Å². The van der Waals surface area contributed by atoms with Crippen LogP contribution in [0.1, 0.15) is 15.2 Å². The Balaban J connectivity index is 2.17. The molecule has 1 heterocycles. The van der Waals surface area contributed by atoms with Crippen molar-refractivity contribution in [1.82, 2.24) is 0 Å². The lowest BCUT2D eigenvalue weighted by Gasteiger charge is -2.12. The van der Waals surface area contributed by atoms with Gasteiger partial charge in [0, 0.05) is 4.70 Å². The van der Waals surface area contributed by atoms with Crippen LogP contribution < -0.4 is 0 Å². The van der Waals surface area contributed by atoms with Gasteiger partial charge >= 0.3 is 12.1 Å². The van der Waals surface area contributed by atoms with Gasteiger partial charge in [-0.1, -0.05) is 30.3 Å². The molecule has 112 valence electrons. The fourth-order valence-corrected chi connectivity index (χ4v) is 3.23. The molecule has 3 rings (SSSR count). The molecule has 2 aromatic carbocycles. The average molecular weight is 322 g/mol. The van der Waals surface area contributed by atoms with Crippen molar-refractivity contribution in [1.29, 1.82) is 0 Å². The van der Waals surface area contributed by atoms with Crippen LogP contribution in [0, 0.1) is 0 Å². The number of carboxylic acids is 1. The van der Waals surface area contributed by atoms with Gasteiger partial charge in [-0.2, -0.15) is 13.2 Å². The Kier molecular flexibility index (Phi) is 3.41. The predicted molar refractivity (Wildman–Crippen MR) is 79.2 cm³/mol. The van der Waals surface area contributed by atoms with E-state index in [1.165, 1.54) is 18.2 Å². The highest BCUT2D eigenvalue weighted by molar-refractivity contribution is 7.20. The molecule has 0 aliphatic carbocycles. The van der Waals surface area contributed by atoms with Crippen LogP contribution in [0.5, 0.6) is 0 Å². The van der Waals surface area contributed by atoms with Gasteiger partial charge in [0.15, 0.2) is 0 Å². The van der Waals surface area contributed by atoms with Crippen molar-refractivity contribution in [2.24, 2.45) is 0 Å². The second-order valence-corrected chi connectivity index (χ2v) is 5.80. The lowest BCUT2D eigenvalue weighted by Crippen LogP contribution is -2.06. The number of benzene rings is 2. The molecule has 0 aliphatic rings. The van der Waals surface area contributed by atoms with Gasteiger partial charge in [-0.15, -0.1) is 11.3 Å². The highest BCUT2D eigenvalue weighted by Crippen LogP contribution is 2.38. The van der Waals surface area contributed by atoms with Crippen molar-refractivity contribution in [3.63, 3.8) is 0 Å². The minimum Gasteiger partial charge on any atom is -0.477 e. The number of rotatable bonds is 2. The molecule has 0 bridgehead atoms. The topological polar surface area (TPSA) is 37.3 Å². The monoisotopic (exact) mass is 322 g/mol. The van der Waals surface area contributed by atoms with Crippen LogP contribution in [0.4, 0.5) is 13.2 Å². The molecule has 2 nitrogen and oxygen atoms in total. The Morgan fingerprint density at radius 1 is 1.05 bits per heavy atom. The van der Waals surface area contributed by atoms with E-state index in [-0.39, 0.29) is 10.4 Å². The van der Waals surface area contributed by atoms with Crippen molar-refractivity contribution in [2.75, 3.05) is 0 Å². The normalized spacial score (nSPS) is 11.8. The number of hydrogen-bond acceptors (Lipinski definition) is 2. The summed E-state index contributed by atoms with van der Waals surface area (Å²) in [4.78, 5) is 11.1. The first-order valence-electron chi connectivity index (χ1n) is 6.30. The van der Waals surface area contributed by atoms with E-state index in [0.29, 0.717) is 15.6 Å². The fraction of sp³-hybridized carbons (Fsp3) is 0.0625. The molecule has 6 heteroatoms. The van der Waals surface area contributed by atoms with Crippen LogP contribution >= 0.6 is 11.3 Å². The van der Waals surface area contributed by atoms with Gasteiger partial charge in [-0.3, -0.25) is 0 Å². The molecule has 0 atom stereocenters. The second-order valence-electron chi connectivity index (χ2n) is 4.71. The van der Waals surface area contributed by atoms with E-state index >= 15 is 0 Å². The Hall–Kier alpha value is -2.34. The van der Waals surface area contributed by atoms with E-state index in [0.717, 1.165) is 17.4 Å². The SMILES string of the molecule is O=C(O)c1cc2ccc(-c3ccccc3C(F)(F)F)cc2s1. The zero-order valence-electron chi connectivity index (χ0n) is 11.0. The Morgan fingerprint density at radius 3 is 2.45 bits per heavy atom. The molecule has 0 unspecified atom stereocenters. The molecule has 0 aliphatic heterocycles. The van der Waals surface area contributed by atoms with Crippen molar-refractivity contribution in [3.05, 3.63) is 59.0 Å². The smallest absolute Gasteiger partial charge is 0.417 e. The van der Waals surface area contributed by atoms with Gasteiger partial charge in [-0.05, 0) is 34.7 Å². The van der Waals surface area contributed by atoms with Gasteiger partial charge in [-0.25, -0.2) is 4.79 Å². The maximum Gasteiger partial charge on any atom is 0.417 e. The first-order chi connectivity index (χ1) is 10.4. The molecule has 1 N–H and O–H groups in total. The van der Waals surface area contributed by atoms with Gasteiger partial charge in [0.05, 0.1) is 5.56 Å². The van der Waals surface area contributed by atoms with Crippen LogP contribution in [0.25, 0.3) is 21.2 Å². The third-order valence-corrected chi connectivity index (χ3v) is 4.36. The molecule has 0 fully saturated rings. The molecule has 0 saturated carbocycles. The van der Waals surface area contributed by atoms with Gasteiger partial charge in [0.25, 0.3) is 0 Å². The number of halogens is 3. The highest BCUT2D eigenvalue weighted by Gasteiger charge is 2.33. The third-order valence-electron chi connectivity index (χ3n) is 3.27. The highest BCUT2D eigenvalue weighted by atomic mass is 32.1. The molecule has 0 radical (unpaired) electrons. The number of fused-ring (bicyclic) bond motifs is 1. The Bertz CT molecular complexity index is 865. The summed E-state index contributed by atoms with van der Waals surface area (Å²) in [5.41, 5.74) is -0.203. The third kappa shape index (κ3) is 2.57. The van der Waals surface area contributed by atoms with Crippen molar-refractivity contribution < 1.29 is 23.1 Å². The van der Waals surface area contributed by atoms with E-state index in [1.54, 1.807) is 24.3 Å². The van der Waals surface area contributed by atoms with E-state index in [4.69, 9.17) is 5.11 Å². The zero-order chi connectivity index (χ0) is 15.9. The summed E-state index contributed by atoms with van der Waals surface area (Å²) in [5.74, 6) is -1.04. The molecule has 0 spiro atoms. The lowest BCUT2D eigenvalue weighted by atomic mass is 9.99. The van der Waals surface area contributed by atoms with E-state index in [1.807, 2.05) is 0 Å². The van der Waals surface area contributed by atoms with Crippen LogP contribution in [0.2, 0.25) is 0 Å².